The van der Waals surface area contributed by atoms with Gasteiger partial charge in [-0.1, -0.05) is 36.4 Å². The summed E-state index contributed by atoms with van der Waals surface area (Å²) in [5.74, 6) is 0. The molecule has 3 rings (SSSR count). The van der Waals surface area contributed by atoms with E-state index >= 15 is 0 Å². The average Bonchev–Trinajstić information content (AvgIpc) is 2.84. The molecular weight excluding hydrogens is 228 g/mol. The van der Waals surface area contributed by atoms with Crippen LogP contribution in [0.3, 0.4) is 0 Å². The van der Waals surface area contributed by atoms with Crippen molar-refractivity contribution >= 4 is 5.57 Å². The lowest BCUT2D eigenvalue weighted by Gasteiger charge is -2.16. The van der Waals surface area contributed by atoms with E-state index in [9.17, 15) is 0 Å². The van der Waals surface area contributed by atoms with E-state index in [0.29, 0.717) is 0 Å². The Bertz CT molecular complexity index is 687. The van der Waals surface area contributed by atoms with Gasteiger partial charge in [0.15, 0.2) is 0 Å². The molecule has 2 aromatic carbocycles. The van der Waals surface area contributed by atoms with Crippen LogP contribution in [-0.2, 0) is 0 Å². The van der Waals surface area contributed by atoms with Crippen LogP contribution in [0.4, 0.5) is 0 Å². The Kier molecular flexibility index (Phi) is 2.82. The summed E-state index contributed by atoms with van der Waals surface area (Å²) in [6, 6.07) is 11.0. The minimum Gasteiger partial charge on any atom is -0.0676 e. The number of aryl methyl sites for hydroxylation is 1. The highest BCUT2D eigenvalue weighted by Gasteiger charge is 2.18. The molecule has 0 bridgehead atoms. The maximum absolute atomic E-state index is 2.33. The van der Waals surface area contributed by atoms with E-state index in [1.165, 1.54) is 44.5 Å². The van der Waals surface area contributed by atoms with Crippen LogP contribution in [0.15, 0.2) is 36.4 Å². The van der Waals surface area contributed by atoms with E-state index < -0.39 is 0 Å². The van der Waals surface area contributed by atoms with Crippen molar-refractivity contribution in [2.24, 2.45) is 0 Å². The summed E-state index contributed by atoms with van der Waals surface area (Å²) >= 11 is 0. The molecule has 0 aliphatic heterocycles. The zero-order valence-electron chi connectivity index (χ0n) is 12.0. The van der Waals surface area contributed by atoms with Gasteiger partial charge in [0.05, 0.1) is 0 Å². The maximum Gasteiger partial charge on any atom is 0.0138 e. The molecule has 95 valence electrons. The predicted octanol–water partition coefficient (Wildman–Crippen LogP) is 4.92. The van der Waals surface area contributed by atoms with Crippen LogP contribution in [0.5, 0.6) is 0 Å². The number of hydrogen-bond acceptors (Lipinski definition) is 0. The van der Waals surface area contributed by atoms with Crippen molar-refractivity contribution < 1.29 is 0 Å². The molecule has 0 fully saturated rings. The molecule has 1 aliphatic carbocycles. The van der Waals surface area contributed by atoms with Crippen molar-refractivity contribution in [3.8, 4) is 0 Å². The molecule has 0 spiro atoms. The first-order chi connectivity index (χ1) is 9.09. The van der Waals surface area contributed by atoms with Crippen LogP contribution >= 0.6 is 0 Å². The minimum absolute atomic E-state index is 1.33. The SMILES string of the molecule is Cc1cc(C2=C[CH]c3ccccc32)c(C)c(C)c1C. The number of benzene rings is 2. The highest BCUT2D eigenvalue weighted by Crippen LogP contribution is 2.37. The molecule has 1 radical (unpaired) electrons. The zero-order chi connectivity index (χ0) is 13.6. The van der Waals surface area contributed by atoms with Crippen molar-refractivity contribution in [2.45, 2.75) is 27.7 Å². The number of fused-ring (bicyclic) bond motifs is 1. The van der Waals surface area contributed by atoms with Crippen LogP contribution in [0.25, 0.3) is 5.57 Å². The van der Waals surface area contributed by atoms with Gasteiger partial charge in [-0.15, -0.1) is 0 Å². The zero-order valence-corrected chi connectivity index (χ0v) is 12.0. The van der Waals surface area contributed by atoms with E-state index in [1.807, 2.05) is 0 Å². The Balaban J connectivity index is 2.21. The van der Waals surface area contributed by atoms with Crippen LogP contribution in [0.1, 0.15) is 38.9 Å². The second kappa shape index (κ2) is 4.38. The largest absolute Gasteiger partial charge is 0.0676 e. The first-order valence-electron chi connectivity index (χ1n) is 6.82. The molecule has 19 heavy (non-hydrogen) atoms. The lowest BCUT2D eigenvalue weighted by Crippen LogP contribution is -1.98. The van der Waals surface area contributed by atoms with Gasteiger partial charge in [0.25, 0.3) is 0 Å². The predicted molar refractivity (Wildman–Crippen MR) is 82.3 cm³/mol. The highest BCUT2D eigenvalue weighted by molar-refractivity contribution is 5.88. The third kappa shape index (κ3) is 1.83. The fraction of sp³-hybridized carbons (Fsp3) is 0.211. The Morgan fingerprint density at radius 1 is 0.737 bits per heavy atom. The summed E-state index contributed by atoms with van der Waals surface area (Å²) in [5, 5.41) is 0. The molecule has 0 unspecified atom stereocenters. The number of rotatable bonds is 1. The molecule has 0 saturated heterocycles. The van der Waals surface area contributed by atoms with Crippen molar-refractivity contribution in [3.05, 3.63) is 81.8 Å². The summed E-state index contributed by atoms with van der Waals surface area (Å²) < 4.78 is 0. The molecule has 0 atom stereocenters. The van der Waals surface area contributed by atoms with Crippen molar-refractivity contribution in [1.82, 2.24) is 0 Å². The second-order valence-corrected chi connectivity index (χ2v) is 5.45. The Morgan fingerprint density at radius 2 is 1.47 bits per heavy atom. The fourth-order valence-corrected chi connectivity index (χ4v) is 2.88. The molecular formula is C19H19. The van der Waals surface area contributed by atoms with E-state index in [0.717, 1.165) is 0 Å². The van der Waals surface area contributed by atoms with Crippen molar-refractivity contribution in [2.75, 3.05) is 0 Å². The van der Waals surface area contributed by atoms with E-state index in [4.69, 9.17) is 0 Å². The molecule has 0 aromatic heterocycles. The molecule has 0 heteroatoms. The topological polar surface area (TPSA) is 0 Å². The van der Waals surface area contributed by atoms with Crippen LogP contribution in [0.2, 0.25) is 0 Å². The first-order valence-corrected chi connectivity index (χ1v) is 6.82. The third-order valence-electron chi connectivity index (χ3n) is 4.45. The third-order valence-corrected chi connectivity index (χ3v) is 4.45. The quantitative estimate of drug-likeness (QED) is 0.671. The summed E-state index contributed by atoms with van der Waals surface area (Å²) in [7, 11) is 0. The minimum atomic E-state index is 1.33. The molecule has 0 amide bonds. The van der Waals surface area contributed by atoms with Gasteiger partial charge in [-0.2, -0.15) is 0 Å². The molecule has 0 nitrogen and oxygen atoms in total. The van der Waals surface area contributed by atoms with Crippen LogP contribution in [0, 0.1) is 34.1 Å². The monoisotopic (exact) mass is 247 g/mol. The summed E-state index contributed by atoms with van der Waals surface area (Å²) in [6.45, 7) is 8.88. The second-order valence-electron chi connectivity index (χ2n) is 5.45. The van der Waals surface area contributed by atoms with Crippen LogP contribution in [-0.4, -0.2) is 0 Å². The highest BCUT2D eigenvalue weighted by atomic mass is 14.2. The summed E-state index contributed by atoms with van der Waals surface area (Å²) in [4.78, 5) is 0. The fourth-order valence-electron chi connectivity index (χ4n) is 2.88. The van der Waals surface area contributed by atoms with Gasteiger partial charge in [-0.3, -0.25) is 0 Å². The lowest BCUT2D eigenvalue weighted by molar-refractivity contribution is 1.20. The Morgan fingerprint density at radius 3 is 2.26 bits per heavy atom. The first kappa shape index (κ1) is 12.2. The summed E-state index contributed by atoms with van der Waals surface area (Å²) in [5.41, 5.74) is 11.0. The van der Waals surface area contributed by atoms with Crippen molar-refractivity contribution in [3.63, 3.8) is 0 Å². The normalized spacial score (nSPS) is 13.4. The Hall–Kier alpha value is -1.82. The molecule has 0 saturated carbocycles. The van der Waals surface area contributed by atoms with Gasteiger partial charge in [0.1, 0.15) is 0 Å². The average molecular weight is 247 g/mol. The van der Waals surface area contributed by atoms with Gasteiger partial charge >= 0.3 is 0 Å². The van der Waals surface area contributed by atoms with Gasteiger partial charge in [0.2, 0.25) is 0 Å². The molecule has 0 N–H and O–H groups in total. The Labute approximate surface area is 115 Å². The van der Waals surface area contributed by atoms with E-state index in [-0.39, 0.29) is 0 Å². The van der Waals surface area contributed by atoms with E-state index in [2.05, 4.69) is 70.5 Å². The smallest absolute Gasteiger partial charge is 0.0138 e. The summed E-state index contributed by atoms with van der Waals surface area (Å²) in [6.07, 6.45) is 4.47. The number of allylic oxidation sites excluding steroid dienone is 1. The van der Waals surface area contributed by atoms with Gasteiger partial charge in [-0.25, -0.2) is 0 Å². The maximum atomic E-state index is 2.33. The van der Waals surface area contributed by atoms with Crippen molar-refractivity contribution in [1.29, 1.82) is 0 Å². The van der Waals surface area contributed by atoms with E-state index in [1.54, 1.807) is 0 Å². The number of hydrogen-bond donors (Lipinski definition) is 0. The molecule has 0 heterocycles. The van der Waals surface area contributed by atoms with Gasteiger partial charge in [0, 0.05) is 6.42 Å². The lowest BCUT2D eigenvalue weighted by atomic mass is 9.89. The van der Waals surface area contributed by atoms with Gasteiger partial charge < -0.3 is 0 Å². The van der Waals surface area contributed by atoms with Gasteiger partial charge in [-0.05, 0) is 72.2 Å². The van der Waals surface area contributed by atoms with Crippen LogP contribution < -0.4 is 0 Å². The standard InChI is InChI=1S/C19H19/c1-12-11-19(15(4)14(3)13(12)2)18-10-9-16-7-5-6-8-17(16)18/h5-11H,1-4H3. The molecule has 2 aromatic rings. The molecule has 1 aliphatic rings.